The fraction of sp³-hybridized carbons (Fsp3) is 0.319. The van der Waals surface area contributed by atoms with Crippen LogP contribution in [0.4, 0.5) is 8.78 Å². The molecular weight excluding hydrogens is 875 g/mol. The molecule has 19 heteroatoms. The summed E-state index contributed by atoms with van der Waals surface area (Å²) >= 11 is 0. The average molecular weight is 923 g/mol. The first-order chi connectivity index (χ1) is 31.9. The van der Waals surface area contributed by atoms with Crippen molar-refractivity contribution in [1.82, 2.24) is 39.5 Å². The maximum atomic E-state index is 15.1. The minimum Gasteiger partial charge on any atom is -0.493 e. The van der Waals surface area contributed by atoms with E-state index in [-0.39, 0.29) is 35.9 Å². The smallest absolute Gasteiger partial charge is 0.230 e. The van der Waals surface area contributed by atoms with E-state index in [0.717, 1.165) is 49.1 Å². The Kier molecular flexibility index (Phi) is 12.5. The van der Waals surface area contributed by atoms with E-state index in [1.807, 2.05) is 13.8 Å². The van der Waals surface area contributed by atoms with Gasteiger partial charge in [-0.25, -0.2) is 37.1 Å². The molecule has 0 spiro atoms. The third-order valence-electron chi connectivity index (χ3n) is 11.6. The van der Waals surface area contributed by atoms with E-state index in [4.69, 9.17) is 28.4 Å². The molecule has 0 unspecified atom stereocenters. The quantitative estimate of drug-likeness (QED) is 0.0998. The number of aromatic amines is 2. The molecule has 6 heterocycles. The number of nitrogens with zero attached hydrogens (tertiary/aromatic N) is 5. The van der Waals surface area contributed by atoms with Crippen molar-refractivity contribution in [1.29, 1.82) is 0 Å². The number of aryl methyl sites for hydroxylation is 2. The minimum atomic E-state index is -3.31. The summed E-state index contributed by atoms with van der Waals surface area (Å²) in [5, 5.41) is 5.44. The minimum absolute atomic E-state index is 0.0397. The Morgan fingerprint density at radius 3 is 1.67 bits per heavy atom. The lowest BCUT2D eigenvalue weighted by molar-refractivity contribution is 0.225. The molecule has 2 atom stereocenters. The highest BCUT2D eigenvalue weighted by Crippen LogP contribution is 2.40. The van der Waals surface area contributed by atoms with Crippen LogP contribution in [0.2, 0.25) is 0 Å². The van der Waals surface area contributed by atoms with Gasteiger partial charge in [0, 0.05) is 57.9 Å². The summed E-state index contributed by atoms with van der Waals surface area (Å²) in [4.78, 5) is 23.3. The third-order valence-corrected chi connectivity index (χ3v) is 13.0. The van der Waals surface area contributed by atoms with Crippen molar-refractivity contribution >= 4 is 53.6 Å². The number of hydrogen-bond donors (Lipinski definition) is 3. The lowest BCUT2D eigenvalue weighted by atomic mass is 10.2. The second-order valence-corrected chi connectivity index (χ2v) is 18.2. The number of aromatic nitrogens is 6. The Hall–Kier alpha value is -6.83. The van der Waals surface area contributed by atoms with Crippen molar-refractivity contribution in [3.8, 4) is 46.3 Å². The molecule has 0 amide bonds. The van der Waals surface area contributed by atoms with Gasteiger partial charge in [-0.2, -0.15) is 4.31 Å². The van der Waals surface area contributed by atoms with Crippen molar-refractivity contribution in [2.75, 3.05) is 46.8 Å². The van der Waals surface area contributed by atoms with Crippen LogP contribution in [-0.2, 0) is 10.0 Å². The summed E-state index contributed by atoms with van der Waals surface area (Å²) < 4.78 is 90.3. The second kappa shape index (κ2) is 18.6. The van der Waals surface area contributed by atoms with Crippen LogP contribution in [0.15, 0.2) is 73.3 Å². The molecule has 8 aromatic rings. The molecule has 2 fully saturated rings. The van der Waals surface area contributed by atoms with Crippen LogP contribution >= 0.6 is 0 Å². The Bertz CT molecular complexity index is 3200. The first-order valence-corrected chi connectivity index (χ1v) is 23.2. The van der Waals surface area contributed by atoms with Gasteiger partial charge >= 0.3 is 0 Å². The SMILES string of the molecule is COc1cc2c(Oc3ccc4[nH]c(C)cc4c3F)ncnc2cc1OC[C@H]1CCCN1.COc1cc2c(Oc3ccc4[nH]c(C)cc4c3F)ncnc2cc1OC[C@H]1CCCN1S(C)(=O)=O. The molecule has 2 saturated heterocycles. The Morgan fingerprint density at radius 2 is 1.18 bits per heavy atom. The zero-order chi connectivity index (χ0) is 46.1. The number of H-pyrrole nitrogens is 2. The maximum absolute atomic E-state index is 15.1. The maximum Gasteiger partial charge on any atom is 0.230 e. The van der Waals surface area contributed by atoms with E-state index in [1.54, 1.807) is 67.8 Å². The summed E-state index contributed by atoms with van der Waals surface area (Å²) in [6.07, 6.45) is 7.68. The lowest BCUT2D eigenvalue weighted by Crippen LogP contribution is -2.38. The number of methoxy groups -OCH3 is 2. The van der Waals surface area contributed by atoms with Crippen LogP contribution in [0, 0.1) is 25.5 Å². The van der Waals surface area contributed by atoms with Crippen LogP contribution < -0.4 is 33.7 Å². The van der Waals surface area contributed by atoms with Gasteiger partial charge in [-0.1, -0.05) is 0 Å². The van der Waals surface area contributed by atoms with E-state index in [1.165, 1.54) is 30.3 Å². The summed E-state index contributed by atoms with van der Waals surface area (Å²) in [6, 6.07) is 17.1. The number of nitrogens with one attached hydrogen (secondary N) is 3. The average Bonchev–Trinajstić information content (AvgIpc) is 4.14. The zero-order valence-electron chi connectivity index (χ0n) is 36.9. The number of rotatable bonds is 13. The summed E-state index contributed by atoms with van der Waals surface area (Å²) in [6.45, 7) is 5.98. The predicted octanol–water partition coefficient (Wildman–Crippen LogP) is 8.65. The van der Waals surface area contributed by atoms with Crippen LogP contribution in [0.5, 0.6) is 46.3 Å². The number of halogens is 2. The van der Waals surface area contributed by atoms with Gasteiger partial charge < -0.3 is 43.7 Å². The number of sulfonamides is 1. The van der Waals surface area contributed by atoms with E-state index >= 15 is 4.39 Å². The lowest BCUT2D eigenvalue weighted by Gasteiger charge is -2.22. The van der Waals surface area contributed by atoms with Gasteiger partial charge in [0.1, 0.15) is 25.9 Å². The molecule has 0 aliphatic carbocycles. The fourth-order valence-electron chi connectivity index (χ4n) is 8.42. The molecule has 66 heavy (non-hydrogen) atoms. The van der Waals surface area contributed by atoms with Gasteiger partial charge in [-0.3, -0.25) is 0 Å². The highest BCUT2D eigenvalue weighted by atomic mass is 32.2. The monoisotopic (exact) mass is 922 g/mol. The van der Waals surface area contributed by atoms with Gasteiger partial charge in [-0.05, 0) is 94.6 Å². The molecule has 0 radical (unpaired) electrons. The van der Waals surface area contributed by atoms with Crippen molar-refractivity contribution in [2.45, 2.75) is 51.6 Å². The molecule has 16 nitrogen and oxygen atoms in total. The van der Waals surface area contributed by atoms with E-state index < -0.39 is 21.7 Å². The molecule has 4 aromatic heterocycles. The van der Waals surface area contributed by atoms with Crippen LogP contribution in [0.1, 0.15) is 37.1 Å². The van der Waals surface area contributed by atoms with Gasteiger partial charge in [0.05, 0.1) is 48.3 Å². The molecule has 3 N–H and O–H groups in total. The molecule has 2 aliphatic rings. The Balaban J connectivity index is 0.000000167. The van der Waals surface area contributed by atoms with Crippen molar-refractivity contribution < 1.29 is 45.6 Å². The number of benzene rings is 4. The first kappa shape index (κ1) is 44.4. The summed E-state index contributed by atoms with van der Waals surface area (Å²) in [7, 11) is -0.230. The van der Waals surface area contributed by atoms with Gasteiger partial charge in [0.2, 0.25) is 21.8 Å². The molecular formula is C47H48F2N8O8S. The van der Waals surface area contributed by atoms with Gasteiger partial charge in [-0.15, -0.1) is 0 Å². The Labute approximate surface area is 378 Å². The van der Waals surface area contributed by atoms with E-state index in [0.29, 0.717) is 80.3 Å². The van der Waals surface area contributed by atoms with Crippen molar-refractivity contribution in [3.05, 3.63) is 96.3 Å². The highest BCUT2D eigenvalue weighted by Gasteiger charge is 2.32. The molecule has 0 bridgehead atoms. The molecule has 10 rings (SSSR count). The normalized spacial score (nSPS) is 16.5. The molecule has 2 aliphatic heterocycles. The van der Waals surface area contributed by atoms with E-state index in [9.17, 15) is 12.8 Å². The standard InChI is InChI=1S/C24H25FN4O5S.C23H23FN4O3/c1-14-9-16-18(28-14)6-7-20(23(16)25)34-24-17-10-21(32-2)22(11-19(17)26-13-27-24)33-12-15-5-4-8-29(15)35(3,30)31;1-13-8-15-17(28-13)5-6-19(22(15)24)31-23-16-9-20(29-2)21(10-18(16)26-12-27-23)30-11-14-4-3-7-25-14/h6-7,9-11,13,15,28H,4-5,8,12H2,1-3H3;5-6,8-10,12,14,25,28H,3-4,7,11H2,1-2H3/t15-;14-/m11/s1. The summed E-state index contributed by atoms with van der Waals surface area (Å²) in [5.41, 5.74) is 4.26. The predicted molar refractivity (Wildman–Crippen MR) is 245 cm³/mol. The van der Waals surface area contributed by atoms with Crippen LogP contribution in [0.3, 0.4) is 0 Å². The largest absolute Gasteiger partial charge is 0.493 e. The number of hydrogen-bond acceptors (Lipinski definition) is 13. The van der Waals surface area contributed by atoms with Gasteiger partial charge in [0.25, 0.3) is 0 Å². The fourth-order valence-corrected chi connectivity index (χ4v) is 9.59. The summed E-state index contributed by atoms with van der Waals surface area (Å²) in [5.74, 6) is 1.59. The topological polar surface area (TPSA) is 188 Å². The number of ether oxygens (including phenoxy) is 6. The zero-order valence-corrected chi connectivity index (χ0v) is 37.7. The molecule has 4 aromatic carbocycles. The van der Waals surface area contributed by atoms with E-state index in [2.05, 4.69) is 35.2 Å². The second-order valence-electron chi connectivity index (χ2n) is 16.3. The first-order valence-electron chi connectivity index (χ1n) is 21.4. The van der Waals surface area contributed by atoms with Crippen LogP contribution in [-0.4, -0.2) is 101 Å². The van der Waals surface area contributed by atoms with Crippen molar-refractivity contribution in [3.63, 3.8) is 0 Å². The molecule has 344 valence electrons. The third kappa shape index (κ3) is 9.18. The number of fused-ring (bicyclic) bond motifs is 4. The van der Waals surface area contributed by atoms with Crippen LogP contribution in [0.25, 0.3) is 43.6 Å². The van der Waals surface area contributed by atoms with Gasteiger partial charge in [0.15, 0.2) is 46.1 Å². The highest BCUT2D eigenvalue weighted by molar-refractivity contribution is 7.88. The molecule has 0 saturated carbocycles. The van der Waals surface area contributed by atoms with Crippen molar-refractivity contribution in [2.24, 2.45) is 0 Å². The Morgan fingerprint density at radius 1 is 0.652 bits per heavy atom.